The molecular formula is C34H34F3N5O. The van der Waals surface area contributed by atoms with Crippen molar-refractivity contribution in [2.75, 3.05) is 43.5 Å². The summed E-state index contributed by atoms with van der Waals surface area (Å²) in [7, 11) is 2.08. The van der Waals surface area contributed by atoms with E-state index >= 15 is 13.2 Å². The molecule has 0 amide bonds. The van der Waals surface area contributed by atoms with Crippen LogP contribution in [0.3, 0.4) is 0 Å². The molecule has 9 heteroatoms. The number of aryl methyl sites for hydroxylation is 2. The second kappa shape index (κ2) is 11.2. The Morgan fingerprint density at radius 2 is 1.72 bits per heavy atom. The summed E-state index contributed by atoms with van der Waals surface area (Å²) in [6, 6.07) is 14.6. The molecule has 1 saturated heterocycles. The number of nitrogens with one attached hydrogen (secondary N) is 1. The Hall–Kier alpha value is -4.11. The van der Waals surface area contributed by atoms with Gasteiger partial charge in [-0.15, -0.1) is 0 Å². The van der Waals surface area contributed by atoms with Crippen molar-refractivity contribution in [1.29, 1.82) is 0 Å². The van der Waals surface area contributed by atoms with Gasteiger partial charge in [0.1, 0.15) is 18.1 Å². The number of fused-ring (bicyclic) bond motifs is 2. The lowest BCUT2D eigenvalue weighted by atomic mass is 9.89. The van der Waals surface area contributed by atoms with Gasteiger partial charge in [0.15, 0.2) is 17.4 Å². The SMILES string of the molecule is Cc1ccc2c(c1)C(N1CCOc3c(F)cc(-c4nc(Nc5ccc(C6CCN(C)CC6)c(F)c5)ncc4F)cc31)CC2. The smallest absolute Gasteiger partial charge is 0.227 e. The number of nitrogens with zero attached hydrogens (tertiary/aromatic N) is 4. The first-order valence-corrected chi connectivity index (χ1v) is 14.9. The van der Waals surface area contributed by atoms with Crippen molar-refractivity contribution in [3.05, 3.63) is 94.4 Å². The van der Waals surface area contributed by atoms with Crippen molar-refractivity contribution < 1.29 is 17.9 Å². The Kier molecular flexibility index (Phi) is 7.21. The van der Waals surface area contributed by atoms with Gasteiger partial charge in [0.25, 0.3) is 0 Å². The maximum atomic E-state index is 15.5. The molecule has 222 valence electrons. The number of hydrogen-bond donors (Lipinski definition) is 1. The predicted molar refractivity (Wildman–Crippen MR) is 162 cm³/mol. The molecule has 1 N–H and O–H groups in total. The van der Waals surface area contributed by atoms with Gasteiger partial charge in [-0.25, -0.2) is 23.1 Å². The molecule has 1 atom stereocenters. The first-order chi connectivity index (χ1) is 20.8. The third-order valence-corrected chi connectivity index (χ3v) is 9.07. The van der Waals surface area contributed by atoms with Gasteiger partial charge < -0.3 is 19.9 Å². The van der Waals surface area contributed by atoms with Crippen LogP contribution in [0.2, 0.25) is 0 Å². The summed E-state index contributed by atoms with van der Waals surface area (Å²) < 4.78 is 51.5. The summed E-state index contributed by atoms with van der Waals surface area (Å²) in [5.74, 6) is -1.10. The number of likely N-dealkylation sites (tertiary alicyclic amines) is 1. The molecule has 0 bridgehead atoms. The Morgan fingerprint density at radius 1 is 0.884 bits per heavy atom. The number of halogens is 3. The van der Waals surface area contributed by atoms with Gasteiger partial charge in [0.2, 0.25) is 5.95 Å². The van der Waals surface area contributed by atoms with Crippen LogP contribution < -0.4 is 15.0 Å². The number of hydrogen-bond acceptors (Lipinski definition) is 6. The second-order valence-corrected chi connectivity index (χ2v) is 11.9. The van der Waals surface area contributed by atoms with Crippen molar-refractivity contribution in [2.45, 2.75) is 44.6 Å². The maximum absolute atomic E-state index is 15.5. The van der Waals surface area contributed by atoms with Gasteiger partial charge in [-0.05, 0) is 99.6 Å². The second-order valence-electron chi connectivity index (χ2n) is 11.9. The maximum Gasteiger partial charge on any atom is 0.227 e. The molecule has 3 aromatic carbocycles. The number of anilines is 3. The lowest BCUT2D eigenvalue weighted by Crippen LogP contribution is -2.35. The third-order valence-electron chi connectivity index (χ3n) is 9.07. The van der Waals surface area contributed by atoms with E-state index in [-0.39, 0.29) is 40.7 Å². The van der Waals surface area contributed by atoms with E-state index in [0.29, 0.717) is 30.1 Å². The van der Waals surface area contributed by atoms with Crippen LogP contribution in [0.4, 0.5) is 30.5 Å². The predicted octanol–water partition coefficient (Wildman–Crippen LogP) is 7.31. The van der Waals surface area contributed by atoms with E-state index in [4.69, 9.17) is 4.74 Å². The highest BCUT2D eigenvalue weighted by molar-refractivity contribution is 5.73. The molecule has 3 heterocycles. The van der Waals surface area contributed by atoms with E-state index in [1.54, 1.807) is 18.2 Å². The zero-order valence-corrected chi connectivity index (χ0v) is 24.3. The van der Waals surface area contributed by atoms with E-state index in [0.717, 1.165) is 45.0 Å². The van der Waals surface area contributed by atoms with E-state index in [9.17, 15) is 0 Å². The van der Waals surface area contributed by atoms with E-state index in [1.165, 1.54) is 28.8 Å². The fourth-order valence-corrected chi connectivity index (χ4v) is 6.80. The lowest BCUT2D eigenvalue weighted by molar-refractivity contribution is 0.253. The molecule has 0 radical (unpaired) electrons. The lowest BCUT2D eigenvalue weighted by Gasteiger charge is -2.37. The molecule has 4 aromatic rings. The summed E-state index contributed by atoms with van der Waals surface area (Å²) in [6.07, 6.45) is 4.74. The normalized spacial score (nSPS) is 18.7. The number of piperidine rings is 1. The average Bonchev–Trinajstić information content (AvgIpc) is 3.41. The largest absolute Gasteiger partial charge is 0.486 e. The van der Waals surface area contributed by atoms with Crippen LogP contribution in [0.1, 0.15) is 53.5 Å². The minimum absolute atomic E-state index is 0.0455. The van der Waals surface area contributed by atoms with Crippen LogP contribution in [0.5, 0.6) is 5.75 Å². The van der Waals surface area contributed by atoms with Crippen LogP contribution in [-0.4, -0.2) is 48.2 Å². The number of rotatable bonds is 5. The summed E-state index contributed by atoms with van der Waals surface area (Å²) in [5, 5.41) is 3.00. The zero-order chi connectivity index (χ0) is 29.7. The van der Waals surface area contributed by atoms with Gasteiger partial charge in [0, 0.05) is 11.3 Å². The van der Waals surface area contributed by atoms with Gasteiger partial charge in [-0.3, -0.25) is 0 Å². The van der Waals surface area contributed by atoms with Crippen molar-refractivity contribution in [1.82, 2.24) is 14.9 Å². The highest BCUT2D eigenvalue weighted by Crippen LogP contribution is 2.46. The molecule has 7 rings (SSSR count). The Morgan fingerprint density at radius 3 is 2.53 bits per heavy atom. The van der Waals surface area contributed by atoms with Gasteiger partial charge in [-0.2, -0.15) is 0 Å². The molecular weight excluding hydrogens is 551 g/mol. The summed E-state index contributed by atoms with van der Waals surface area (Å²) in [6.45, 7) is 4.91. The minimum atomic E-state index is -0.682. The first-order valence-electron chi connectivity index (χ1n) is 14.9. The first kappa shape index (κ1) is 27.7. The van der Waals surface area contributed by atoms with Crippen LogP contribution in [0, 0.1) is 24.4 Å². The summed E-state index contributed by atoms with van der Waals surface area (Å²) in [4.78, 5) is 12.9. The van der Waals surface area contributed by atoms with Crippen LogP contribution in [-0.2, 0) is 6.42 Å². The molecule has 0 spiro atoms. The summed E-state index contributed by atoms with van der Waals surface area (Å²) in [5.41, 5.74) is 5.70. The van der Waals surface area contributed by atoms with Crippen molar-refractivity contribution in [2.24, 2.45) is 0 Å². The van der Waals surface area contributed by atoms with Gasteiger partial charge >= 0.3 is 0 Å². The average molecular weight is 586 g/mol. The van der Waals surface area contributed by atoms with Crippen molar-refractivity contribution in [3.63, 3.8) is 0 Å². The molecule has 0 saturated carbocycles. The highest BCUT2D eigenvalue weighted by Gasteiger charge is 2.33. The molecule has 1 fully saturated rings. The van der Waals surface area contributed by atoms with Gasteiger partial charge in [-0.1, -0.05) is 29.8 Å². The van der Waals surface area contributed by atoms with E-state index in [2.05, 4.69) is 57.3 Å². The Labute approximate surface area is 249 Å². The number of aromatic nitrogens is 2. The zero-order valence-electron chi connectivity index (χ0n) is 24.3. The monoisotopic (exact) mass is 585 g/mol. The standard InChI is InChI=1S/C34H34F3N5O/c1-20-3-4-21-5-8-30(26(21)15-20)42-13-14-43-33-28(36)16-23(17-31(33)42)32-29(37)19-38-34(40-32)39-24-6-7-25(27(35)18-24)22-9-11-41(2)12-10-22/h3-4,6-7,15-19,22,30H,5,8-14H2,1-2H3,(H,38,39,40). The molecule has 6 nitrogen and oxygen atoms in total. The quantitative estimate of drug-likeness (QED) is 0.265. The van der Waals surface area contributed by atoms with Crippen molar-refractivity contribution >= 4 is 17.3 Å². The number of ether oxygens (including phenoxy) is 1. The molecule has 1 aliphatic carbocycles. The summed E-state index contributed by atoms with van der Waals surface area (Å²) >= 11 is 0. The highest BCUT2D eigenvalue weighted by atomic mass is 19.1. The minimum Gasteiger partial charge on any atom is -0.486 e. The van der Waals surface area contributed by atoms with E-state index in [1.807, 2.05) is 0 Å². The molecule has 1 aromatic heterocycles. The third kappa shape index (κ3) is 5.31. The molecule has 3 aliphatic rings. The van der Waals surface area contributed by atoms with E-state index < -0.39 is 11.6 Å². The molecule has 1 unspecified atom stereocenters. The van der Waals surface area contributed by atoms with Crippen LogP contribution in [0.15, 0.2) is 54.7 Å². The topological polar surface area (TPSA) is 53.5 Å². The van der Waals surface area contributed by atoms with Crippen molar-refractivity contribution in [3.8, 4) is 17.0 Å². The molecule has 43 heavy (non-hydrogen) atoms. The fourth-order valence-electron chi connectivity index (χ4n) is 6.80. The fraction of sp³-hybridized carbons (Fsp3) is 0.353. The van der Waals surface area contributed by atoms with Gasteiger partial charge in [0.05, 0.1) is 24.5 Å². The van der Waals surface area contributed by atoms with Crippen LogP contribution in [0.25, 0.3) is 11.3 Å². The Balaban J connectivity index is 1.18. The molecule has 2 aliphatic heterocycles. The number of benzene rings is 3. The van der Waals surface area contributed by atoms with Crippen LogP contribution >= 0.6 is 0 Å². The Bertz CT molecular complexity index is 1690.